The summed E-state index contributed by atoms with van der Waals surface area (Å²) in [7, 11) is 1.56. The van der Waals surface area contributed by atoms with Crippen LogP contribution in [0.4, 0.5) is 0 Å². The molecule has 0 unspecified atom stereocenters. The molecule has 5 nitrogen and oxygen atoms in total. The lowest BCUT2D eigenvalue weighted by molar-refractivity contribution is -0.140. The van der Waals surface area contributed by atoms with Crippen LogP contribution in [0.25, 0.3) is 0 Å². The van der Waals surface area contributed by atoms with Gasteiger partial charge in [-0.2, -0.15) is 0 Å². The Morgan fingerprint density at radius 2 is 2.08 bits per heavy atom. The number of rotatable bonds is 7. The Balaban J connectivity index is 2.41. The van der Waals surface area contributed by atoms with E-state index in [0.717, 1.165) is 11.3 Å². The Bertz CT molecular complexity index is 688. The Labute approximate surface area is 158 Å². The lowest BCUT2D eigenvalue weighted by atomic mass is 9.95. The third kappa shape index (κ3) is 4.60. The highest BCUT2D eigenvalue weighted by Crippen LogP contribution is 2.31. The van der Waals surface area contributed by atoms with Crippen LogP contribution < -0.4 is 5.32 Å². The summed E-state index contributed by atoms with van der Waals surface area (Å²) in [4.78, 5) is 14.5. The third-order valence-corrected chi connectivity index (χ3v) is 4.44. The zero-order valence-electron chi connectivity index (χ0n) is 14.3. The maximum Gasteiger partial charge on any atom is 0.338 e. The third-order valence-electron chi connectivity index (χ3n) is 3.85. The van der Waals surface area contributed by atoms with Gasteiger partial charge < -0.3 is 19.7 Å². The highest BCUT2D eigenvalue weighted by atomic mass is 35.5. The van der Waals surface area contributed by atoms with Gasteiger partial charge in [-0.05, 0) is 36.8 Å². The van der Waals surface area contributed by atoms with E-state index in [1.807, 2.05) is 24.0 Å². The topological polar surface area (TPSA) is 50.8 Å². The molecule has 0 spiro atoms. The first kappa shape index (κ1) is 19.4. The zero-order valence-corrected chi connectivity index (χ0v) is 15.8. The molecular weight excluding hydrogens is 360 g/mol. The first-order valence-corrected chi connectivity index (χ1v) is 8.59. The van der Waals surface area contributed by atoms with Crippen molar-refractivity contribution in [1.82, 2.24) is 10.2 Å². The summed E-state index contributed by atoms with van der Waals surface area (Å²) in [5.74, 6) is -0.404. The Kier molecular flexibility index (Phi) is 6.99. The van der Waals surface area contributed by atoms with Crippen molar-refractivity contribution >= 4 is 34.9 Å². The summed E-state index contributed by atoms with van der Waals surface area (Å²) in [6, 6.07) is 6.88. The molecule has 1 aromatic carbocycles. The molecule has 0 radical (unpaired) electrons. The Hall–Kier alpha value is -1.89. The van der Waals surface area contributed by atoms with Crippen LogP contribution in [0.2, 0.25) is 5.02 Å². The molecule has 0 amide bonds. The molecule has 7 heteroatoms. The van der Waals surface area contributed by atoms with E-state index >= 15 is 0 Å². The minimum absolute atomic E-state index is 0.186. The quantitative estimate of drug-likeness (QED) is 0.339. The number of halogens is 1. The number of methoxy groups -OCH3 is 1. The SMILES string of the molecule is C=CCN1C(=S)N[C@@H](c2ccc(Cl)cc2)C(C(=O)OCCOC)=C1C. The molecule has 0 aromatic heterocycles. The van der Waals surface area contributed by atoms with E-state index < -0.39 is 12.0 Å². The van der Waals surface area contributed by atoms with Crippen LogP contribution in [-0.4, -0.2) is 42.8 Å². The average Bonchev–Trinajstić information content (AvgIpc) is 2.59. The smallest absolute Gasteiger partial charge is 0.338 e. The van der Waals surface area contributed by atoms with Gasteiger partial charge in [-0.1, -0.05) is 29.8 Å². The Morgan fingerprint density at radius 1 is 1.40 bits per heavy atom. The van der Waals surface area contributed by atoms with E-state index in [9.17, 15) is 4.79 Å². The number of hydrogen-bond donors (Lipinski definition) is 1. The van der Waals surface area contributed by atoms with E-state index in [-0.39, 0.29) is 6.61 Å². The van der Waals surface area contributed by atoms with Crippen LogP contribution >= 0.6 is 23.8 Å². The molecule has 134 valence electrons. The van der Waals surface area contributed by atoms with E-state index in [4.69, 9.17) is 33.3 Å². The first-order valence-electron chi connectivity index (χ1n) is 7.80. The second kappa shape index (κ2) is 8.99. The van der Waals surface area contributed by atoms with E-state index in [1.54, 1.807) is 25.3 Å². The second-order valence-corrected chi connectivity index (χ2v) is 6.28. The van der Waals surface area contributed by atoms with Gasteiger partial charge in [-0.3, -0.25) is 0 Å². The molecular formula is C18H21ClN2O3S. The van der Waals surface area contributed by atoms with Crippen LogP contribution in [0.15, 0.2) is 48.2 Å². The van der Waals surface area contributed by atoms with Crippen LogP contribution in [-0.2, 0) is 14.3 Å². The fourth-order valence-corrected chi connectivity index (χ4v) is 3.05. The summed E-state index contributed by atoms with van der Waals surface area (Å²) in [6.45, 7) is 6.62. The zero-order chi connectivity index (χ0) is 18.4. The van der Waals surface area contributed by atoms with Gasteiger partial charge in [0.2, 0.25) is 0 Å². The number of benzene rings is 1. The maximum absolute atomic E-state index is 12.7. The van der Waals surface area contributed by atoms with Crippen LogP contribution in [0, 0.1) is 0 Å². The summed E-state index contributed by atoms with van der Waals surface area (Å²) in [5.41, 5.74) is 2.13. The van der Waals surface area contributed by atoms with Crippen molar-refractivity contribution in [3.63, 3.8) is 0 Å². The largest absolute Gasteiger partial charge is 0.460 e. The number of thiocarbonyl (C=S) groups is 1. The van der Waals surface area contributed by atoms with Crippen LogP contribution in [0.5, 0.6) is 0 Å². The van der Waals surface area contributed by atoms with Crippen molar-refractivity contribution in [2.75, 3.05) is 26.9 Å². The molecule has 0 bridgehead atoms. The molecule has 1 aliphatic rings. The first-order chi connectivity index (χ1) is 12.0. The molecule has 1 heterocycles. The monoisotopic (exact) mass is 380 g/mol. The molecule has 1 aromatic rings. The number of carbonyl (C=O) groups excluding carboxylic acids is 1. The number of esters is 1. The second-order valence-electron chi connectivity index (χ2n) is 5.46. The molecule has 0 saturated heterocycles. The highest BCUT2D eigenvalue weighted by Gasteiger charge is 2.34. The standard InChI is InChI=1S/C18H21ClN2O3S/c1-4-9-21-12(2)15(17(22)24-11-10-23-3)16(20-18(21)25)13-5-7-14(19)8-6-13/h4-8,16H,1,9-11H2,2-3H3,(H,20,25)/t16-/m0/s1. The van der Waals surface area contributed by atoms with Gasteiger partial charge in [0.1, 0.15) is 6.61 Å². The van der Waals surface area contributed by atoms with Crippen LogP contribution in [0.3, 0.4) is 0 Å². The van der Waals surface area contributed by atoms with Crippen molar-refractivity contribution in [2.24, 2.45) is 0 Å². The number of nitrogens with one attached hydrogen (secondary N) is 1. The van der Waals surface area contributed by atoms with Gasteiger partial charge in [-0.15, -0.1) is 6.58 Å². The van der Waals surface area contributed by atoms with E-state index in [1.165, 1.54) is 0 Å². The number of nitrogens with zero attached hydrogens (tertiary/aromatic N) is 1. The van der Waals surface area contributed by atoms with Crippen molar-refractivity contribution < 1.29 is 14.3 Å². The van der Waals surface area contributed by atoms with Gasteiger partial charge in [0, 0.05) is 24.4 Å². The number of hydrogen-bond acceptors (Lipinski definition) is 4. The molecule has 1 aliphatic heterocycles. The van der Waals surface area contributed by atoms with Gasteiger partial charge >= 0.3 is 5.97 Å². The molecule has 2 rings (SSSR count). The van der Waals surface area contributed by atoms with Crippen LogP contribution in [0.1, 0.15) is 18.5 Å². The predicted molar refractivity (Wildman–Crippen MR) is 102 cm³/mol. The minimum atomic E-state index is -0.404. The Morgan fingerprint density at radius 3 is 2.68 bits per heavy atom. The number of ether oxygens (including phenoxy) is 2. The van der Waals surface area contributed by atoms with E-state index in [0.29, 0.717) is 28.9 Å². The van der Waals surface area contributed by atoms with Gasteiger partial charge in [0.15, 0.2) is 5.11 Å². The van der Waals surface area contributed by atoms with E-state index in [2.05, 4.69) is 11.9 Å². The molecule has 0 saturated carbocycles. The lowest BCUT2D eigenvalue weighted by Gasteiger charge is -2.37. The highest BCUT2D eigenvalue weighted by molar-refractivity contribution is 7.80. The van der Waals surface area contributed by atoms with Crippen molar-refractivity contribution in [2.45, 2.75) is 13.0 Å². The van der Waals surface area contributed by atoms with Crippen molar-refractivity contribution in [3.8, 4) is 0 Å². The predicted octanol–water partition coefficient (Wildman–Crippen LogP) is 3.22. The molecule has 1 atom stereocenters. The van der Waals surface area contributed by atoms with Crippen molar-refractivity contribution in [1.29, 1.82) is 0 Å². The van der Waals surface area contributed by atoms with Gasteiger partial charge in [-0.25, -0.2) is 4.79 Å². The fraction of sp³-hybridized carbons (Fsp3) is 0.333. The van der Waals surface area contributed by atoms with Gasteiger partial charge in [0.05, 0.1) is 18.2 Å². The maximum atomic E-state index is 12.7. The average molecular weight is 381 g/mol. The molecule has 1 N–H and O–H groups in total. The molecule has 0 fully saturated rings. The number of carbonyl (C=O) groups is 1. The lowest BCUT2D eigenvalue weighted by Crippen LogP contribution is -2.47. The minimum Gasteiger partial charge on any atom is -0.460 e. The van der Waals surface area contributed by atoms with Crippen molar-refractivity contribution in [3.05, 3.63) is 58.8 Å². The summed E-state index contributed by atoms with van der Waals surface area (Å²) in [6.07, 6.45) is 1.73. The fourth-order valence-electron chi connectivity index (χ4n) is 2.60. The number of allylic oxidation sites excluding steroid dienone is 1. The van der Waals surface area contributed by atoms with Gasteiger partial charge in [0.25, 0.3) is 0 Å². The normalized spacial score (nSPS) is 17.3. The summed E-state index contributed by atoms with van der Waals surface area (Å²) >= 11 is 11.4. The molecule has 25 heavy (non-hydrogen) atoms. The summed E-state index contributed by atoms with van der Waals surface area (Å²) in [5, 5.41) is 4.37. The summed E-state index contributed by atoms with van der Waals surface area (Å²) < 4.78 is 10.3. The molecule has 0 aliphatic carbocycles.